The summed E-state index contributed by atoms with van der Waals surface area (Å²) < 4.78 is 10.6. The Morgan fingerprint density at radius 1 is 1.33 bits per heavy atom. The first-order valence-corrected chi connectivity index (χ1v) is 5.46. The summed E-state index contributed by atoms with van der Waals surface area (Å²) in [6.07, 6.45) is -2.33. The lowest BCUT2D eigenvalue weighted by molar-refractivity contribution is -0.0151. The van der Waals surface area contributed by atoms with Crippen LogP contribution in [0.2, 0.25) is 0 Å². The van der Waals surface area contributed by atoms with Gasteiger partial charge in [-0.15, -0.1) is 11.3 Å². The van der Waals surface area contributed by atoms with Crippen molar-refractivity contribution in [1.29, 1.82) is 0 Å². The molecule has 0 saturated carbocycles. The van der Waals surface area contributed by atoms with E-state index in [1.807, 2.05) is 0 Å². The van der Waals surface area contributed by atoms with Gasteiger partial charge in [0.2, 0.25) is 0 Å². The Bertz CT molecular complexity index is 337. The van der Waals surface area contributed by atoms with Gasteiger partial charge in [-0.25, -0.2) is 0 Å². The normalized spacial score (nSPS) is 18.6. The fourth-order valence-electron chi connectivity index (χ4n) is 1.36. The zero-order valence-electron chi connectivity index (χ0n) is 7.92. The molecule has 0 aromatic carbocycles. The molecule has 0 bridgehead atoms. The Hall–Kier alpha value is -0.820. The smallest absolute Gasteiger partial charge is 0.178 e. The summed E-state index contributed by atoms with van der Waals surface area (Å²) in [7, 11) is 0. The minimum atomic E-state index is -1.20. The van der Waals surface area contributed by atoms with Crippen LogP contribution >= 0.6 is 11.3 Å². The quantitative estimate of drug-likeness (QED) is 0.678. The zero-order chi connectivity index (χ0) is 10.8. The van der Waals surface area contributed by atoms with Gasteiger partial charge in [-0.3, -0.25) is 0 Å². The molecule has 0 spiro atoms. The molecule has 0 amide bonds. The molecule has 0 saturated heterocycles. The molecule has 2 unspecified atom stereocenters. The topological polar surface area (TPSA) is 79.2 Å². The minimum absolute atomic E-state index is 0.429. The summed E-state index contributed by atoms with van der Waals surface area (Å²) in [5.74, 6) is 1.07. The van der Waals surface area contributed by atoms with Crippen molar-refractivity contribution in [3.8, 4) is 11.5 Å². The third kappa shape index (κ3) is 1.93. The molecule has 15 heavy (non-hydrogen) atoms. The number of aliphatic hydroxyl groups excluding tert-OH is 3. The lowest BCUT2D eigenvalue weighted by Crippen LogP contribution is -2.23. The molecule has 2 heterocycles. The van der Waals surface area contributed by atoms with Gasteiger partial charge in [-0.1, -0.05) is 0 Å². The van der Waals surface area contributed by atoms with Gasteiger partial charge in [0, 0.05) is 5.38 Å². The Labute approximate surface area is 90.5 Å². The average molecular weight is 232 g/mol. The van der Waals surface area contributed by atoms with Crippen LogP contribution in [0, 0.1) is 0 Å². The molecule has 2 rings (SSSR count). The van der Waals surface area contributed by atoms with E-state index in [0.717, 1.165) is 0 Å². The van der Waals surface area contributed by atoms with Crippen molar-refractivity contribution < 1.29 is 24.8 Å². The van der Waals surface area contributed by atoms with Crippen molar-refractivity contribution >= 4 is 11.3 Å². The fraction of sp³-hybridized carbons (Fsp3) is 0.556. The summed E-state index contributed by atoms with van der Waals surface area (Å²) >= 11 is 1.25. The fourth-order valence-corrected chi connectivity index (χ4v) is 2.33. The minimum Gasteiger partial charge on any atom is -0.485 e. The second kappa shape index (κ2) is 4.36. The van der Waals surface area contributed by atoms with Crippen LogP contribution in [-0.2, 0) is 0 Å². The molecule has 6 heteroatoms. The van der Waals surface area contributed by atoms with E-state index in [1.165, 1.54) is 11.3 Å². The van der Waals surface area contributed by atoms with Gasteiger partial charge >= 0.3 is 0 Å². The van der Waals surface area contributed by atoms with E-state index in [9.17, 15) is 10.2 Å². The van der Waals surface area contributed by atoms with Crippen LogP contribution in [0.15, 0.2) is 5.38 Å². The summed E-state index contributed by atoms with van der Waals surface area (Å²) in [4.78, 5) is 0.492. The van der Waals surface area contributed by atoms with E-state index in [4.69, 9.17) is 14.6 Å². The Balaban J connectivity index is 2.24. The summed E-state index contributed by atoms with van der Waals surface area (Å²) in [6, 6.07) is 0. The highest BCUT2D eigenvalue weighted by molar-refractivity contribution is 7.10. The standard InChI is InChI=1S/C9H12O5S/c10-3-5(11)7(12)9-8-6(4-15-9)13-1-2-14-8/h4-5,7,10-12H,1-3H2. The van der Waals surface area contributed by atoms with Gasteiger partial charge in [0.25, 0.3) is 0 Å². The second-order valence-corrected chi connectivity index (χ2v) is 4.10. The monoisotopic (exact) mass is 232 g/mol. The first-order valence-electron chi connectivity index (χ1n) is 4.58. The molecule has 1 aliphatic heterocycles. The Morgan fingerprint density at radius 2 is 2.07 bits per heavy atom. The maximum absolute atomic E-state index is 9.70. The molecule has 0 aliphatic carbocycles. The van der Waals surface area contributed by atoms with Crippen molar-refractivity contribution in [2.45, 2.75) is 12.2 Å². The summed E-state index contributed by atoms with van der Waals surface area (Å²) in [5, 5.41) is 29.5. The number of fused-ring (bicyclic) bond motifs is 1. The number of hydrogen-bond donors (Lipinski definition) is 3. The predicted octanol–water partition coefficient (Wildman–Crippen LogP) is -0.0941. The van der Waals surface area contributed by atoms with Gasteiger partial charge in [-0.05, 0) is 0 Å². The van der Waals surface area contributed by atoms with E-state index < -0.39 is 18.8 Å². The molecule has 2 atom stereocenters. The van der Waals surface area contributed by atoms with Gasteiger partial charge in [0.15, 0.2) is 11.5 Å². The number of rotatable bonds is 3. The Kier molecular flexibility index (Phi) is 3.11. The van der Waals surface area contributed by atoms with Crippen molar-refractivity contribution in [3.05, 3.63) is 10.3 Å². The second-order valence-electron chi connectivity index (χ2n) is 3.19. The van der Waals surface area contributed by atoms with E-state index in [-0.39, 0.29) is 0 Å². The molecule has 5 nitrogen and oxygen atoms in total. The SMILES string of the molecule is OCC(O)C(O)c1scc2c1OCCO2. The highest BCUT2D eigenvalue weighted by atomic mass is 32.1. The van der Waals surface area contributed by atoms with E-state index >= 15 is 0 Å². The number of ether oxygens (including phenoxy) is 2. The molecule has 84 valence electrons. The zero-order valence-corrected chi connectivity index (χ0v) is 8.74. The molecule has 1 aromatic heterocycles. The van der Waals surface area contributed by atoms with Crippen LogP contribution in [0.25, 0.3) is 0 Å². The molecular weight excluding hydrogens is 220 g/mol. The van der Waals surface area contributed by atoms with Crippen LogP contribution in [-0.4, -0.2) is 41.2 Å². The van der Waals surface area contributed by atoms with Gasteiger partial charge in [0.1, 0.15) is 25.4 Å². The summed E-state index contributed by atoms with van der Waals surface area (Å²) in [5.41, 5.74) is 0. The van der Waals surface area contributed by atoms with Crippen molar-refractivity contribution in [1.82, 2.24) is 0 Å². The van der Waals surface area contributed by atoms with E-state index in [0.29, 0.717) is 29.6 Å². The highest BCUT2D eigenvalue weighted by Gasteiger charge is 2.27. The molecule has 1 aromatic rings. The number of aliphatic hydroxyl groups is 3. The number of thiophene rings is 1. The van der Waals surface area contributed by atoms with E-state index in [2.05, 4.69) is 0 Å². The largest absolute Gasteiger partial charge is 0.485 e. The van der Waals surface area contributed by atoms with Crippen LogP contribution in [0.1, 0.15) is 11.0 Å². The van der Waals surface area contributed by atoms with Crippen molar-refractivity contribution in [2.75, 3.05) is 19.8 Å². The number of hydrogen-bond acceptors (Lipinski definition) is 6. The average Bonchev–Trinajstić information content (AvgIpc) is 2.70. The molecule has 3 N–H and O–H groups in total. The maximum atomic E-state index is 9.70. The maximum Gasteiger partial charge on any atom is 0.178 e. The molecule has 0 fully saturated rings. The first kappa shape index (κ1) is 10.7. The summed E-state index contributed by atoms with van der Waals surface area (Å²) in [6.45, 7) is 0.426. The molecule has 0 radical (unpaired) electrons. The third-order valence-corrected chi connectivity index (χ3v) is 3.16. The van der Waals surface area contributed by atoms with Crippen LogP contribution < -0.4 is 9.47 Å². The van der Waals surface area contributed by atoms with Crippen molar-refractivity contribution in [3.63, 3.8) is 0 Å². The third-order valence-electron chi connectivity index (χ3n) is 2.15. The van der Waals surface area contributed by atoms with Crippen LogP contribution in [0.5, 0.6) is 11.5 Å². The first-order chi connectivity index (χ1) is 7.24. The van der Waals surface area contributed by atoms with Crippen molar-refractivity contribution in [2.24, 2.45) is 0 Å². The molecule has 1 aliphatic rings. The van der Waals surface area contributed by atoms with Crippen LogP contribution in [0.3, 0.4) is 0 Å². The van der Waals surface area contributed by atoms with Gasteiger partial charge < -0.3 is 24.8 Å². The predicted molar refractivity (Wildman–Crippen MR) is 53.4 cm³/mol. The van der Waals surface area contributed by atoms with Crippen LogP contribution in [0.4, 0.5) is 0 Å². The van der Waals surface area contributed by atoms with Gasteiger partial charge in [-0.2, -0.15) is 0 Å². The highest BCUT2D eigenvalue weighted by Crippen LogP contribution is 2.43. The lowest BCUT2D eigenvalue weighted by atomic mass is 10.1. The molecular formula is C9H12O5S. The van der Waals surface area contributed by atoms with E-state index in [1.54, 1.807) is 5.38 Å². The lowest BCUT2D eigenvalue weighted by Gasteiger charge is -2.19. The van der Waals surface area contributed by atoms with Gasteiger partial charge in [0.05, 0.1) is 11.5 Å². The Morgan fingerprint density at radius 3 is 2.80 bits per heavy atom.